The third-order valence-electron chi connectivity index (χ3n) is 2.70. The summed E-state index contributed by atoms with van der Waals surface area (Å²) in [7, 11) is 0. The first-order valence-electron chi connectivity index (χ1n) is 6.39. The highest BCUT2D eigenvalue weighted by molar-refractivity contribution is 5.85. The summed E-state index contributed by atoms with van der Waals surface area (Å²) in [6.07, 6.45) is 2.38. The highest BCUT2D eigenvalue weighted by Gasteiger charge is 2.11. The van der Waals surface area contributed by atoms with Crippen molar-refractivity contribution in [2.45, 2.75) is 20.8 Å². The molecule has 104 valence electrons. The summed E-state index contributed by atoms with van der Waals surface area (Å²) < 4.78 is 14.0. The fraction of sp³-hybridized carbons (Fsp3) is 0.400. The van der Waals surface area contributed by atoms with Gasteiger partial charge in [-0.25, -0.2) is 9.18 Å². The number of halogens is 1. The topological polar surface area (TPSA) is 40.5 Å². The molecular formula is C15H20FNO2. The van der Waals surface area contributed by atoms with Crippen LogP contribution in [-0.2, 0) is 4.79 Å². The maximum Gasteiger partial charge on any atom is 0.328 e. The zero-order valence-electron chi connectivity index (χ0n) is 11.6. The van der Waals surface area contributed by atoms with Crippen LogP contribution in [0.2, 0.25) is 0 Å². The summed E-state index contributed by atoms with van der Waals surface area (Å²) in [5, 5.41) is 8.54. The lowest BCUT2D eigenvalue weighted by Crippen LogP contribution is -2.28. The third-order valence-corrected chi connectivity index (χ3v) is 2.70. The summed E-state index contributed by atoms with van der Waals surface area (Å²) in [5.41, 5.74) is 1.10. The number of benzene rings is 1. The average Bonchev–Trinajstić information content (AvgIpc) is 2.33. The Labute approximate surface area is 113 Å². The zero-order valence-corrected chi connectivity index (χ0v) is 11.6. The first-order valence-corrected chi connectivity index (χ1v) is 6.39. The molecule has 0 unspecified atom stereocenters. The van der Waals surface area contributed by atoms with E-state index in [0.29, 0.717) is 17.2 Å². The third kappa shape index (κ3) is 4.73. The van der Waals surface area contributed by atoms with E-state index < -0.39 is 5.97 Å². The average molecular weight is 265 g/mol. The van der Waals surface area contributed by atoms with Crippen molar-refractivity contribution in [1.82, 2.24) is 0 Å². The second kappa shape index (κ2) is 6.92. The Bertz CT molecular complexity index is 469. The van der Waals surface area contributed by atoms with Gasteiger partial charge in [-0.15, -0.1) is 0 Å². The molecule has 4 heteroatoms. The van der Waals surface area contributed by atoms with E-state index >= 15 is 0 Å². The van der Waals surface area contributed by atoms with Crippen molar-refractivity contribution in [3.05, 3.63) is 35.7 Å². The Morgan fingerprint density at radius 3 is 2.63 bits per heavy atom. The number of nitrogens with zero attached hydrogens (tertiary/aromatic N) is 1. The molecule has 0 aliphatic carbocycles. The highest BCUT2D eigenvalue weighted by atomic mass is 19.1. The molecule has 0 fully saturated rings. The standard InChI is InChI=1S/C15H20FNO2/c1-4-17(10-11(2)3)14-7-5-12(9-13(14)16)6-8-15(18)19/h5-9,11H,4,10H2,1-3H3,(H,18,19)/b8-6+. The lowest BCUT2D eigenvalue weighted by Gasteiger charge is -2.25. The van der Waals surface area contributed by atoms with Crippen molar-refractivity contribution in [3.8, 4) is 0 Å². The van der Waals surface area contributed by atoms with Crippen molar-refractivity contribution < 1.29 is 14.3 Å². The van der Waals surface area contributed by atoms with Gasteiger partial charge in [0.2, 0.25) is 0 Å². The van der Waals surface area contributed by atoms with Gasteiger partial charge in [0, 0.05) is 19.2 Å². The minimum absolute atomic E-state index is 0.324. The highest BCUT2D eigenvalue weighted by Crippen LogP contribution is 2.22. The van der Waals surface area contributed by atoms with Crippen LogP contribution in [0.15, 0.2) is 24.3 Å². The predicted molar refractivity (Wildman–Crippen MR) is 75.8 cm³/mol. The molecular weight excluding hydrogens is 245 g/mol. The van der Waals surface area contributed by atoms with Crippen molar-refractivity contribution >= 4 is 17.7 Å². The van der Waals surface area contributed by atoms with E-state index in [2.05, 4.69) is 13.8 Å². The van der Waals surface area contributed by atoms with Crippen LogP contribution in [0.25, 0.3) is 6.08 Å². The van der Waals surface area contributed by atoms with Gasteiger partial charge in [-0.3, -0.25) is 0 Å². The molecule has 0 heterocycles. The van der Waals surface area contributed by atoms with E-state index in [0.717, 1.165) is 19.2 Å². The first kappa shape index (κ1) is 15.2. The van der Waals surface area contributed by atoms with E-state index in [4.69, 9.17) is 5.11 Å². The zero-order chi connectivity index (χ0) is 14.4. The van der Waals surface area contributed by atoms with Crippen LogP contribution in [0, 0.1) is 11.7 Å². The van der Waals surface area contributed by atoms with Crippen molar-refractivity contribution in [1.29, 1.82) is 0 Å². The smallest absolute Gasteiger partial charge is 0.328 e. The van der Waals surface area contributed by atoms with Crippen LogP contribution < -0.4 is 4.90 Å². The van der Waals surface area contributed by atoms with E-state index in [1.54, 1.807) is 12.1 Å². The minimum atomic E-state index is -1.04. The maximum atomic E-state index is 14.0. The van der Waals surface area contributed by atoms with Crippen LogP contribution in [0.3, 0.4) is 0 Å². The number of anilines is 1. The molecule has 1 aromatic rings. The molecule has 0 aliphatic rings. The molecule has 1 N–H and O–H groups in total. The molecule has 0 aliphatic heterocycles. The van der Waals surface area contributed by atoms with Crippen LogP contribution in [0.5, 0.6) is 0 Å². The van der Waals surface area contributed by atoms with E-state index in [1.807, 2.05) is 11.8 Å². The van der Waals surface area contributed by atoms with Gasteiger partial charge < -0.3 is 10.0 Å². The monoisotopic (exact) mass is 265 g/mol. The second-order valence-corrected chi connectivity index (χ2v) is 4.81. The molecule has 0 spiro atoms. The van der Waals surface area contributed by atoms with Crippen molar-refractivity contribution in [2.75, 3.05) is 18.0 Å². The largest absolute Gasteiger partial charge is 0.478 e. The van der Waals surface area contributed by atoms with Crippen LogP contribution in [-0.4, -0.2) is 24.2 Å². The molecule has 0 aromatic heterocycles. The molecule has 0 bridgehead atoms. The van der Waals surface area contributed by atoms with Gasteiger partial charge in [0.25, 0.3) is 0 Å². The number of carboxylic acid groups (broad SMARTS) is 1. The van der Waals surface area contributed by atoms with Crippen LogP contribution in [0.4, 0.5) is 10.1 Å². The van der Waals surface area contributed by atoms with E-state index in [-0.39, 0.29) is 5.82 Å². The molecule has 1 aromatic carbocycles. The lowest BCUT2D eigenvalue weighted by atomic mass is 10.1. The van der Waals surface area contributed by atoms with E-state index in [9.17, 15) is 9.18 Å². The van der Waals surface area contributed by atoms with Crippen LogP contribution >= 0.6 is 0 Å². The van der Waals surface area contributed by atoms with Crippen LogP contribution in [0.1, 0.15) is 26.3 Å². The molecule has 3 nitrogen and oxygen atoms in total. The molecule has 0 radical (unpaired) electrons. The number of hydrogen-bond acceptors (Lipinski definition) is 2. The lowest BCUT2D eigenvalue weighted by molar-refractivity contribution is -0.131. The van der Waals surface area contributed by atoms with Crippen molar-refractivity contribution in [2.24, 2.45) is 5.92 Å². The Morgan fingerprint density at radius 1 is 1.47 bits per heavy atom. The minimum Gasteiger partial charge on any atom is -0.478 e. The summed E-state index contributed by atoms with van der Waals surface area (Å²) >= 11 is 0. The fourth-order valence-electron chi connectivity index (χ4n) is 1.89. The molecule has 1 rings (SSSR count). The number of rotatable bonds is 6. The first-order chi connectivity index (χ1) is 8.93. The van der Waals surface area contributed by atoms with Gasteiger partial charge in [0.05, 0.1) is 5.69 Å². The summed E-state index contributed by atoms with van der Waals surface area (Å²) in [6, 6.07) is 4.78. The number of aliphatic carboxylic acids is 1. The SMILES string of the molecule is CCN(CC(C)C)c1ccc(/C=C/C(=O)O)cc1F. The summed E-state index contributed by atoms with van der Waals surface area (Å²) in [5.74, 6) is -0.916. The maximum absolute atomic E-state index is 14.0. The normalized spacial score (nSPS) is 11.2. The predicted octanol–water partition coefficient (Wildman–Crippen LogP) is 3.41. The number of carbonyl (C=O) groups is 1. The Morgan fingerprint density at radius 2 is 2.16 bits per heavy atom. The molecule has 19 heavy (non-hydrogen) atoms. The van der Waals surface area contributed by atoms with Gasteiger partial charge in [-0.05, 0) is 36.6 Å². The van der Waals surface area contributed by atoms with Gasteiger partial charge in [0.15, 0.2) is 0 Å². The van der Waals surface area contributed by atoms with Crippen molar-refractivity contribution in [3.63, 3.8) is 0 Å². The summed E-state index contributed by atoms with van der Waals surface area (Å²) in [4.78, 5) is 12.4. The second-order valence-electron chi connectivity index (χ2n) is 4.81. The Kier molecular flexibility index (Phi) is 5.55. The molecule has 0 saturated carbocycles. The molecule has 0 atom stereocenters. The molecule has 0 saturated heterocycles. The van der Waals surface area contributed by atoms with Gasteiger partial charge >= 0.3 is 5.97 Å². The Hall–Kier alpha value is -1.84. The fourth-order valence-corrected chi connectivity index (χ4v) is 1.89. The van der Waals surface area contributed by atoms with Gasteiger partial charge in [0.1, 0.15) is 5.82 Å². The molecule has 0 amide bonds. The number of carboxylic acids is 1. The summed E-state index contributed by atoms with van der Waals surface area (Å²) in [6.45, 7) is 7.69. The quantitative estimate of drug-likeness (QED) is 0.801. The van der Waals surface area contributed by atoms with E-state index in [1.165, 1.54) is 12.1 Å². The van der Waals surface area contributed by atoms with Gasteiger partial charge in [-0.1, -0.05) is 19.9 Å². The number of hydrogen-bond donors (Lipinski definition) is 1. The Balaban J connectivity index is 2.95. The van der Waals surface area contributed by atoms with Gasteiger partial charge in [-0.2, -0.15) is 0 Å².